The summed E-state index contributed by atoms with van der Waals surface area (Å²) in [6, 6.07) is 9.53. The van der Waals surface area contributed by atoms with Crippen LogP contribution in [-0.4, -0.2) is 59.0 Å². The number of ether oxygens (including phenoxy) is 1. The molecular formula is C23H23N3O6S. The van der Waals surface area contributed by atoms with Crippen molar-refractivity contribution in [1.82, 2.24) is 15.1 Å². The molecule has 5 rings (SSSR count). The molecule has 1 N–H and O–H groups in total. The molecule has 1 spiro atoms. The van der Waals surface area contributed by atoms with Gasteiger partial charge in [0, 0.05) is 25.9 Å². The molecule has 3 amide bonds. The number of carbonyl (C=O) groups excluding carboxylic acids is 3. The molecule has 172 valence electrons. The lowest BCUT2D eigenvalue weighted by Gasteiger charge is -2.44. The van der Waals surface area contributed by atoms with Gasteiger partial charge in [0.25, 0.3) is 11.8 Å². The fourth-order valence-electron chi connectivity index (χ4n) is 4.41. The highest BCUT2D eigenvalue weighted by molar-refractivity contribution is 7.12. The number of piperidine rings is 1. The van der Waals surface area contributed by atoms with Crippen molar-refractivity contribution < 1.29 is 28.0 Å². The molecule has 2 saturated heterocycles. The lowest BCUT2D eigenvalue weighted by atomic mass is 9.97. The van der Waals surface area contributed by atoms with Crippen molar-refractivity contribution in [2.24, 2.45) is 0 Å². The highest BCUT2D eigenvalue weighted by atomic mass is 32.1. The predicted molar refractivity (Wildman–Crippen MR) is 117 cm³/mol. The minimum Gasteiger partial charge on any atom is -0.467 e. The number of thiophene rings is 1. The summed E-state index contributed by atoms with van der Waals surface area (Å²) >= 11 is 1.40. The molecule has 9 nitrogen and oxygen atoms in total. The van der Waals surface area contributed by atoms with Gasteiger partial charge in [0.05, 0.1) is 30.6 Å². The van der Waals surface area contributed by atoms with Crippen LogP contribution in [0.15, 0.2) is 63.1 Å². The van der Waals surface area contributed by atoms with Crippen LogP contribution in [0.25, 0.3) is 0 Å². The Morgan fingerprint density at radius 2 is 1.82 bits per heavy atom. The van der Waals surface area contributed by atoms with Crippen molar-refractivity contribution in [3.05, 3.63) is 70.7 Å². The number of furan rings is 2. The Bertz CT molecular complexity index is 1100. The number of carbonyl (C=O) groups is 3. The molecule has 2 aliphatic rings. The van der Waals surface area contributed by atoms with E-state index in [0.717, 1.165) is 0 Å². The van der Waals surface area contributed by atoms with Gasteiger partial charge < -0.3 is 23.8 Å². The Morgan fingerprint density at radius 1 is 1.03 bits per heavy atom. The van der Waals surface area contributed by atoms with E-state index in [1.54, 1.807) is 35.2 Å². The largest absolute Gasteiger partial charge is 0.467 e. The third-order valence-electron chi connectivity index (χ3n) is 6.09. The minimum atomic E-state index is -0.983. The summed E-state index contributed by atoms with van der Waals surface area (Å²) in [6.07, 6.45) is 3.76. The summed E-state index contributed by atoms with van der Waals surface area (Å²) in [7, 11) is 0. The van der Waals surface area contributed by atoms with Crippen LogP contribution in [0, 0.1) is 0 Å². The maximum Gasteiger partial charge on any atom is 0.292 e. The first-order valence-electron chi connectivity index (χ1n) is 10.7. The minimum absolute atomic E-state index is 0.0329. The van der Waals surface area contributed by atoms with Gasteiger partial charge >= 0.3 is 0 Å². The summed E-state index contributed by atoms with van der Waals surface area (Å²) in [5.41, 5.74) is -0.983. The molecule has 1 unspecified atom stereocenters. The van der Waals surface area contributed by atoms with Crippen molar-refractivity contribution >= 4 is 29.1 Å². The maximum absolute atomic E-state index is 13.4. The first-order chi connectivity index (χ1) is 16.1. The molecule has 0 saturated carbocycles. The normalized spacial score (nSPS) is 19.7. The van der Waals surface area contributed by atoms with Crippen LogP contribution < -0.4 is 5.32 Å². The average molecular weight is 470 g/mol. The first-order valence-corrected chi connectivity index (χ1v) is 11.6. The van der Waals surface area contributed by atoms with Crippen LogP contribution in [0.2, 0.25) is 0 Å². The number of amides is 3. The van der Waals surface area contributed by atoms with Crippen LogP contribution in [0.1, 0.15) is 38.8 Å². The van der Waals surface area contributed by atoms with Crippen LogP contribution in [0.4, 0.5) is 0 Å². The van der Waals surface area contributed by atoms with Crippen molar-refractivity contribution in [2.45, 2.75) is 31.2 Å². The number of rotatable bonds is 5. The van der Waals surface area contributed by atoms with Crippen LogP contribution in [0.5, 0.6) is 0 Å². The van der Waals surface area contributed by atoms with E-state index in [1.807, 2.05) is 11.4 Å². The van der Waals surface area contributed by atoms with Crippen molar-refractivity contribution in [3.8, 4) is 0 Å². The summed E-state index contributed by atoms with van der Waals surface area (Å²) < 4.78 is 16.8. The summed E-state index contributed by atoms with van der Waals surface area (Å²) in [5.74, 6) is -0.0226. The number of likely N-dealkylation sites (tertiary alicyclic amines) is 1. The van der Waals surface area contributed by atoms with Gasteiger partial charge in [-0.25, -0.2) is 0 Å². The van der Waals surface area contributed by atoms with E-state index in [1.165, 1.54) is 28.8 Å². The van der Waals surface area contributed by atoms with Gasteiger partial charge in [0.1, 0.15) is 17.5 Å². The Balaban J connectivity index is 1.34. The van der Waals surface area contributed by atoms with Gasteiger partial charge in [-0.05, 0) is 35.7 Å². The third kappa shape index (κ3) is 4.07. The standard InChI is InChI=1S/C23H23N3O6S/c27-20(24-14-16-4-1-11-30-16)17-15-32-23(26(17)21(28)18-5-2-12-31-18)7-9-25(10-8-23)22(29)19-6-3-13-33-19/h1-6,11-13,17H,7-10,14-15H2,(H,24,27). The molecule has 2 aliphatic heterocycles. The van der Waals surface area contributed by atoms with E-state index in [2.05, 4.69) is 5.32 Å². The number of hydrogen-bond donors (Lipinski definition) is 1. The van der Waals surface area contributed by atoms with E-state index in [-0.39, 0.29) is 30.7 Å². The zero-order chi connectivity index (χ0) is 22.8. The highest BCUT2D eigenvalue weighted by Crippen LogP contribution is 2.39. The first kappa shape index (κ1) is 21.5. The summed E-state index contributed by atoms with van der Waals surface area (Å²) in [6.45, 7) is 1.11. The number of nitrogens with zero attached hydrogens (tertiary/aromatic N) is 2. The molecule has 33 heavy (non-hydrogen) atoms. The van der Waals surface area contributed by atoms with E-state index >= 15 is 0 Å². The maximum atomic E-state index is 13.4. The molecule has 5 heterocycles. The Kier molecular flexibility index (Phi) is 5.77. The van der Waals surface area contributed by atoms with Gasteiger partial charge in [-0.3, -0.25) is 19.3 Å². The van der Waals surface area contributed by atoms with Crippen molar-refractivity contribution in [2.75, 3.05) is 19.7 Å². The van der Waals surface area contributed by atoms with Gasteiger partial charge in [0.15, 0.2) is 5.76 Å². The molecule has 3 aromatic heterocycles. The predicted octanol–water partition coefficient (Wildman–Crippen LogP) is 2.72. The number of hydrogen-bond acceptors (Lipinski definition) is 7. The third-order valence-corrected chi connectivity index (χ3v) is 6.95. The molecule has 1 atom stereocenters. The molecular weight excluding hydrogens is 446 g/mol. The molecule has 10 heteroatoms. The average Bonchev–Trinajstić information content (AvgIpc) is 3.64. The monoisotopic (exact) mass is 469 g/mol. The van der Waals surface area contributed by atoms with Crippen LogP contribution >= 0.6 is 11.3 Å². The second-order valence-corrected chi connectivity index (χ2v) is 8.94. The van der Waals surface area contributed by atoms with E-state index < -0.39 is 17.7 Å². The molecule has 0 aliphatic carbocycles. The van der Waals surface area contributed by atoms with Gasteiger partial charge in [0.2, 0.25) is 5.91 Å². The van der Waals surface area contributed by atoms with Crippen molar-refractivity contribution in [1.29, 1.82) is 0 Å². The van der Waals surface area contributed by atoms with E-state index in [9.17, 15) is 14.4 Å². The summed E-state index contributed by atoms with van der Waals surface area (Å²) in [5, 5.41) is 4.69. The Morgan fingerprint density at radius 3 is 2.48 bits per heavy atom. The second-order valence-electron chi connectivity index (χ2n) is 7.99. The molecule has 0 aromatic carbocycles. The SMILES string of the molecule is O=C(NCc1ccco1)C1COC2(CCN(C(=O)c3cccs3)CC2)N1C(=O)c1ccco1. The summed E-state index contributed by atoms with van der Waals surface area (Å²) in [4.78, 5) is 43.2. The fourth-order valence-corrected chi connectivity index (χ4v) is 5.10. The van der Waals surface area contributed by atoms with Crippen molar-refractivity contribution in [3.63, 3.8) is 0 Å². The molecule has 2 fully saturated rings. The highest BCUT2D eigenvalue weighted by Gasteiger charge is 2.54. The molecule has 0 bridgehead atoms. The fraction of sp³-hybridized carbons (Fsp3) is 0.348. The van der Waals surface area contributed by atoms with E-state index in [4.69, 9.17) is 13.6 Å². The van der Waals surface area contributed by atoms with Crippen LogP contribution in [-0.2, 0) is 16.1 Å². The zero-order valence-electron chi connectivity index (χ0n) is 17.8. The topological polar surface area (TPSA) is 105 Å². The Labute approximate surface area is 193 Å². The lowest BCUT2D eigenvalue weighted by molar-refractivity contribution is -0.128. The zero-order valence-corrected chi connectivity index (χ0v) is 18.6. The quantitative estimate of drug-likeness (QED) is 0.616. The van der Waals surface area contributed by atoms with Crippen LogP contribution in [0.3, 0.4) is 0 Å². The lowest BCUT2D eigenvalue weighted by Crippen LogP contribution is -2.59. The smallest absolute Gasteiger partial charge is 0.292 e. The van der Waals surface area contributed by atoms with Gasteiger partial charge in [-0.2, -0.15) is 0 Å². The Hall–Kier alpha value is -3.37. The second kappa shape index (κ2) is 8.87. The molecule has 0 radical (unpaired) electrons. The van der Waals surface area contributed by atoms with Gasteiger partial charge in [-0.1, -0.05) is 6.07 Å². The molecule has 3 aromatic rings. The number of nitrogens with one attached hydrogen (secondary N) is 1. The van der Waals surface area contributed by atoms with Gasteiger partial charge in [-0.15, -0.1) is 11.3 Å². The van der Waals surface area contributed by atoms with E-state index in [0.29, 0.717) is 36.6 Å².